The first-order chi connectivity index (χ1) is 12.9. The van der Waals surface area contributed by atoms with Crippen LogP contribution >= 0.6 is 0 Å². The number of anilines is 2. The number of methoxy groups -OCH3 is 2. The molecule has 1 saturated heterocycles. The molecule has 1 atom stereocenters. The zero-order valence-electron chi connectivity index (χ0n) is 14.9. The number of ether oxygens (including phenoxy) is 2. The summed E-state index contributed by atoms with van der Waals surface area (Å²) in [4.78, 5) is 20.6. The number of nitrogens with zero attached hydrogens (tertiary/aromatic N) is 2. The second-order valence-corrected chi connectivity index (χ2v) is 8.26. The van der Waals surface area contributed by atoms with Gasteiger partial charge in [-0.2, -0.15) is 0 Å². The summed E-state index contributed by atoms with van der Waals surface area (Å²) in [6, 6.07) is 6.30. The van der Waals surface area contributed by atoms with Gasteiger partial charge in [-0.15, -0.1) is 0 Å². The third kappa shape index (κ3) is 4.64. The Morgan fingerprint density at radius 2 is 1.96 bits per heavy atom. The van der Waals surface area contributed by atoms with Crippen LogP contribution in [0.3, 0.4) is 0 Å². The lowest BCUT2D eigenvalue weighted by Gasteiger charge is -2.12. The summed E-state index contributed by atoms with van der Waals surface area (Å²) in [5, 5.41) is 5.70. The fourth-order valence-corrected chi connectivity index (χ4v) is 4.43. The Labute approximate surface area is 157 Å². The van der Waals surface area contributed by atoms with Crippen LogP contribution in [-0.4, -0.2) is 56.1 Å². The van der Waals surface area contributed by atoms with E-state index in [9.17, 15) is 13.2 Å². The number of aromatic nitrogens is 2. The minimum Gasteiger partial charge on any atom is -0.493 e. The first-order valence-corrected chi connectivity index (χ1v) is 10.1. The number of carbonyl (C=O) groups excluding carboxylic acids is 1. The number of sulfone groups is 1. The van der Waals surface area contributed by atoms with Gasteiger partial charge in [0.25, 0.3) is 5.91 Å². The van der Waals surface area contributed by atoms with E-state index in [1.54, 1.807) is 25.3 Å². The molecule has 9 nitrogen and oxygen atoms in total. The van der Waals surface area contributed by atoms with Crippen molar-refractivity contribution in [1.82, 2.24) is 15.3 Å². The largest absolute Gasteiger partial charge is 0.493 e. The predicted molar refractivity (Wildman–Crippen MR) is 99.4 cm³/mol. The van der Waals surface area contributed by atoms with Gasteiger partial charge >= 0.3 is 0 Å². The lowest BCUT2D eigenvalue weighted by atomic mass is 10.2. The van der Waals surface area contributed by atoms with Crippen LogP contribution in [0.25, 0.3) is 0 Å². The van der Waals surface area contributed by atoms with Gasteiger partial charge in [-0.25, -0.2) is 18.4 Å². The first-order valence-electron chi connectivity index (χ1n) is 8.23. The molecule has 2 aromatic rings. The van der Waals surface area contributed by atoms with Gasteiger partial charge in [-0.3, -0.25) is 4.79 Å². The summed E-state index contributed by atoms with van der Waals surface area (Å²) in [5.74, 6) is 0.972. The highest BCUT2D eigenvalue weighted by molar-refractivity contribution is 7.91. The van der Waals surface area contributed by atoms with E-state index in [4.69, 9.17) is 9.47 Å². The van der Waals surface area contributed by atoms with E-state index >= 15 is 0 Å². The molecule has 1 aliphatic heterocycles. The van der Waals surface area contributed by atoms with Crippen LogP contribution in [-0.2, 0) is 9.84 Å². The number of hydrogen-bond donors (Lipinski definition) is 2. The van der Waals surface area contributed by atoms with Gasteiger partial charge < -0.3 is 20.1 Å². The Kier molecular flexibility index (Phi) is 5.45. The van der Waals surface area contributed by atoms with Crippen LogP contribution in [0.15, 0.2) is 30.5 Å². The van der Waals surface area contributed by atoms with Crippen molar-refractivity contribution in [2.75, 3.05) is 31.0 Å². The summed E-state index contributed by atoms with van der Waals surface area (Å²) in [5.41, 5.74) is 0.810. The molecule has 0 radical (unpaired) electrons. The quantitative estimate of drug-likeness (QED) is 0.751. The molecule has 0 saturated carbocycles. The van der Waals surface area contributed by atoms with Crippen LogP contribution in [0.4, 0.5) is 11.6 Å². The summed E-state index contributed by atoms with van der Waals surface area (Å²) in [6.45, 7) is 0. The van der Waals surface area contributed by atoms with E-state index in [1.807, 2.05) is 0 Å². The van der Waals surface area contributed by atoms with Gasteiger partial charge in [0.15, 0.2) is 21.3 Å². The normalized spacial score (nSPS) is 17.9. The van der Waals surface area contributed by atoms with E-state index in [1.165, 1.54) is 19.4 Å². The topological polar surface area (TPSA) is 120 Å². The molecule has 1 fully saturated rings. The maximum absolute atomic E-state index is 12.3. The first kappa shape index (κ1) is 18.9. The van der Waals surface area contributed by atoms with Gasteiger partial charge in [-0.05, 0) is 24.6 Å². The van der Waals surface area contributed by atoms with Crippen LogP contribution in [0.2, 0.25) is 0 Å². The number of benzene rings is 1. The van der Waals surface area contributed by atoms with Crippen LogP contribution in [0.5, 0.6) is 11.5 Å². The van der Waals surface area contributed by atoms with Gasteiger partial charge in [0.05, 0.1) is 25.7 Å². The number of hydrogen-bond acceptors (Lipinski definition) is 8. The van der Waals surface area contributed by atoms with Crippen LogP contribution < -0.4 is 20.1 Å². The lowest BCUT2D eigenvalue weighted by Crippen LogP contribution is -2.36. The standard InChI is InChI=1S/C17H20N4O5S/c1-25-14-4-3-11(9-15(14)26-2)20-17-18-7-5-13(21-17)16(22)19-12-6-8-27(23,24)10-12/h3-5,7,9,12H,6,8,10H2,1-2H3,(H,19,22)(H,18,20,21). The van der Waals surface area contributed by atoms with Crippen molar-refractivity contribution in [3.8, 4) is 11.5 Å². The fraction of sp³-hybridized carbons (Fsp3) is 0.353. The summed E-state index contributed by atoms with van der Waals surface area (Å²) in [6.07, 6.45) is 1.87. The number of rotatable bonds is 6. The molecule has 0 spiro atoms. The highest BCUT2D eigenvalue weighted by Gasteiger charge is 2.29. The molecule has 1 unspecified atom stereocenters. The zero-order chi connectivity index (χ0) is 19.4. The third-order valence-electron chi connectivity index (χ3n) is 4.10. The lowest BCUT2D eigenvalue weighted by molar-refractivity contribution is 0.0936. The van der Waals surface area contributed by atoms with E-state index in [-0.39, 0.29) is 29.2 Å². The molecule has 0 bridgehead atoms. The zero-order valence-corrected chi connectivity index (χ0v) is 15.7. The smallest absolute Gasteiger partial charge is 0.270 e. The van der Waals surface area contributed by atoms with Gasteiger partial charge in [0.1, 0.15) is 5.69 Å². The van der Waals surface area contributed by atoms with Crippen molar-refractivity contribution in [2.45, 2.75) is 12.5 Å². The van der Waals surface area contributed by atoms with E-state index in [0.717, 1.165) is 0 Å². The minimum atomic E-state index is -3.07. The maximum atomic E-state index is 12.3. The predicted octanol–water partition coefficient (Wildman–Crippen LogP) is 1.15. The van der Waals surface area contributed by atoms with Crippen molar-refractivity contribution in [2.24, 2.45) is 0 Å². The van der Waals surface area contributed by atoms with Crippen LogP contribution in [0.1, 0.15) is 16.9 Å². The Bertz CT molecular complexity index is 948. The van der Waals surface area contributed by atoms with Gasteiger partial charge in [-0.1, -0.05) is 0 Å². The van der Waals surface area contributed by atoms with Crippen LogP contribution in [0, 0.1) is 0 Å². The van der Waals surface area contributed by atoms with Crippen molar-refractivity contribution >= 4 is 27.4 Å². The molecule has 2 heterocycles. The molecule has 144 valence electrons. The molecule has 1 aromatic carbocycles. The highest BCUT2D eigenvalue weighted by Crippen LogP contribution is 2.30. The molecule has 27 heavy (non-hydrogen) atoms. The van der Waals surface area contributed by atoms with Gasteiger partial charge in [0.2, 0.25) is 5.95 Å². The second-order valence-electron chi connectivity index (χ2n) is 6.03. The molecular weight excluding hydrogens is 372 g/mol. The molecule has 10 heteroatoms. The van der Waals surface area contributed by atoms with Crippen molar-refractivity contribution < 1.29 is 22.7 Å². The van der Waals surface area contributed by atoms with Gasteiger partial charge in [0, 0.05) is 24.0 Å². The number of nitrogens with one attached hydrogen (secondary N) is 2. The Balaban J connectivity index is 1.71. The fourth-order valence-electron chi connectivity index (χ4n) is 2.76. The second kappa shape index (κ2) is 7.78. The molecule has 3 rings (SSSR count). The molecule has 1 amide bonds. The summed E-state index contributed by atoms with van der Waals surface area (Å²) in [7, 11) is 0.0149. The van der Waals surface area contributed by atoms with Crippen molar-refractivity contribution in [3.63, 3.8) is 0 Å². The molecule has 1 aliphatic rings. The molecular formula is C17H20N4O5S. The molecule has 2 N–H and O–H groups in total. The highest BCUT2D eigenvalue weighted by atomic mass is 32.2. The van der Waals surface area contributed by atoms with Crippen molar-refractivity contribution in [1.29, 1.82) is 0 Å². The Morgan fingerprint density at radius 1 is 1.19 bits per heavy atom. The SMILES string of the molecule is COc1ccc(Nc2nccc(C(=O)NC3CCS(=O)(=O)C3)n2)cc1OC. The van der Waals surface area contributed by atoms with E-state index in [0.29, 0.717) is 23.6 Å². The average Bonchev–Trinajstić information content (AvgIpc) is 3.00. The Morgan fingerprint density at radius 3 is 2.63 bits per heavy atom. The molecule has 1 aromatic heterocycles. The Hall–Kier alpha value is -2.88. The molecule has 0 aliphatic carbocycles. The third-order valence-corrected chi connectivity index (χ3v) is 5.86. The maximum Gasteiger partial charge on any atom is 0.270 e. The van der Waals surface area contributed by atoms with E-state index < -0.39 is 15.7 Å². The minimum absolute atomic E-state index is 0.0411. The summed E-state index contributed by atoms with van der Waals surface area (Å²) < 4.78 is 33.5. The number of amides is 1. The number of carbonyl (C=O) groups is 1. The van der Waals surface area contributed by atoms with Crippen molar-refractivity contribution in [3.05, 3.63) is 36.2 Å². The van der Waals surface area contributed by atoms with E-state index in [2.05, 4.69) is 20.6 Å². The summed E-state index contributed by atoms with van der Waals surface area (Å²) >= 11 is 0. The average molecular weight is 392 g/mol. The monoisotopic (exact) mass is 392 g/mol.